The molecule has 0 atom stereocenters. The Morgan fingerprint density at radius 1 is 1.17 bits per heavy atom. The zero-order valence-corrected chi connectivity index (χ0v) is 10.9. The van der Waals surface area contributed by atoms with Crippen LogP contribution in [-0.2, 0) is 6.42 Å². The van der Waals surface area contributed by atoms with E-state index in [1.165, 1.54) is 11.1 Å². The van der Waals surface area contributed by atoms with Gasteiger partial charge in [-0.15, -0.1) is 0 Å². The summed E-state index contributed by atoms with van der Waals surface area (Å²) in [5, 5.41) is 0.768. The summed E-state index contributed by atoms with van der Waals surface area (Å²) in [5.74, 6) is 0. The molecule has 2 aromatic heterocycles. The molecule has 0 saturated heterocycles. The molecule has 90 valence electrons. The van der Waals surface area contributed by atoms with E-state index in [4.69, 9.17) is 11.6 Å². The van der Waals surface area contributed by atoms with Crippen LogP contribution in [0.15, 0.2) is 48.8 Å². The Kier molecular flexibility index (Phi) is 2.80. The predicted molar refractivity (Wildman–Crippen MR) is 74.2 cm³/mol. The number of nitrogens with zero attached hydrogens (tertiary/aromatic N) is 2. The van der Waals surface area contributed by atoms with Gasteiger partial charge in [0, 0.05) is 23.8 Å². The molecule has 0 aliphatic carbocycles. The van der Waals surface area contributed by atoms with E-state index in [0.717, 1.165) is 22.8 Å². The topological polar surface area (TPSA) is 17.3 Å². The lowest BCUT2D eigenvalue weighted by Gasteiger charge is -1.97. The van der Waals surface area contributed by atoms with Crippen LogP contribution in [0.3, 0.4) is 0 Å². The molecule has 0 saturated carbocycles. The van der Waals surface area contributed by atoms with Crippen LogP contribution in [0.4, 0.5) is 0 Å². The second-order valence-corrected chi connectivity index (χ2v) is 4.89. The fourth-order valence-electron chi connectivity index (χ4n) is 2.10. The molecule has 2 heterocycles. The van der Waals surface area contributed by atoms with E-state index >= 15 is 0 Å². The van der Waals surface area contributed by atoms with Crippen LogP contribution in [0.2, 0.25) is 5.02 Å². The Bertz CT molecular complexity index is 683. The molecule has 3 aromatic rings. The summed E-state index contributed by atoms with van der Waals surface area (Å²) in [4.78, 5) is 4.66. The van der Waals surface area contributed by atoms with Gasteiger partial charge in [-0.05, 0) is 36.2 Å². The smallest absolute Gasteiger partial charge is 0.139 e. The third-order valence-electron chi connectivity index (χ3n) is 3.03. The summed E-state index contributed by atoms with van der Waals surface area (Å²) >= 11 is 5.88. The SMILES string of the molecule is Cc1cccn2cc(Cc3ccc(Cl)cc3)nc12. The van der Waals surface area contributed by atoms with Gasteiger partial charge >= 0.3 is 0 Å². The first-order valence-electron chi connectivity index (χ1n) is 5.90. The molecular formula is C15H13ClN2. The van der Waals surface area contributed by atoms with Gasteiger partial charge in [-0.25, -0.2) is 4.98 Å². The Balaban J connectivity index is 1.95. The van der Waals surface area contributed by atoms with Crippen LogP contribution in [-0.4, -0.2) is 9.38 Å². The molecule has 0 bridgehead atoms. The standard InChI is InChI=1S/C15H13ClN2/c1-11-3-2-8-18-10-14(17-15(11)18)9-12-4-6-13(16)7-5-12/h2-8,10H,9H2,1H3. The number of benzene rings is 1. The number of imidazole rings is 1. The summed E-state index contributed by atoms with van der Waals surface area (Å²) in [5.41, 5.74) is 4.52. The van der Waals surface area contributed by atoms with Crippen molar-refractivity contribution in [3.05, 3.63) is 70.6 Å². The van der Waals surface area contributed by atoms with Crippen molar-refractivity contribution in [3.8, 4) is 0 Å². The first kappa shape index (κ1) is 11.3. The van der Waals surface area contributed by atoms with Gasteiger partial charge in [-0.1, -0.05) is 29.8 Å². The van der Waals surface area contributed by atoms with Crippen molar-refractivity contribution in [1.82, 2.24) is 9.38 Å². The fraction of sp³-hybridized carbons (Fsp3) is 0.133. The van der Waals surface area contributed by atoms with Crippen molar-refractivity contribution in [2.24, 2.45) is 0 Å². The molecule has 0 unspecified atom stereocenters. The number of hydrogen-bond acceptors (Lipinski definition) is 1. The van der Waals surface area contributed by atoms with Gasteiger partial charge in [-0.2, -0.15) is 0 Å². The highest BCUT2D eigenvalue weighted by Gasteiger charge is 2.04. The molecule has 0 amide bonds. The molecule has 0 spiro atoms. The maximum absolute atomic E-state index is 5.88. The van der Waals surface area contributed by atoms with Gasteiger partial charge < -0.3 is 4.40 Å². The van der Waals surface area contributed by atoms with Gasteiger partial charge in [0.05, 0.1) is 5.69 Å². The molecule has 0 radical (unpaired) electrons. The van der Waals surface area contributed by atoms with Crippen LogP contribution < -0.4 is 0 Å². The van der Waals surface area contributed by atoms with Crippen LogP contribution in [0, 0.1) is 6.92 Å². The summed E-state index contributed by atoms with van der Waals surface area (Å²) in [6, 6.07) is 12.0. The minimum Gasteiger partial charge on any atom is -0.307 e. The third kappa shape index (κ3) is 2.12. The average molecular weight is 257 g/mol. The zero-order valence-electron chi connectivity index (χ0n) is 10.1. The van der Waals surface area contributed by atoms with E-state index in [9.17, 15) is 0 Å². The van der Waals surface area contributed by atoms with Crippen molar-refractivity contribution in [3.63, 3.8) is 0 Å². The molecular weight excluding hydrogens is 244 g/mol. The van der Waals surface area contributed by atoms with Gasteiger partial charge in [0.1, 0.15) is 5.65 Å². The van der Waals surface area contributed by atoms with Crippen LogP contribution >= 0.6 is 11.6 Å². The van der Waals surface area contributed by atoms with Gasteiger partial charge in [0.2, 0.25) is 0 Å². The third-order valence-corrected chi connectivity index (χ3v) is 3.28. The number of fused-ring (bicyclic) bond motifs is 1. The van der Waals surface area contributed by atoms with Crippen molar-refractivity contribution >= 4 is 17.2 Å². The van der Waals surface area contributed by atoms with Crippen LogP contribution in [0.5, 0.6) is 0 Å². The van der Waals surface area contributed by atoms with E-state index in [1.807, 2.05) is 36.5 Å². The lowest BCUT2D eigenvalue weighted by Crippen LogP contribution is -1.87. The summed E-state index contributed by atoms with van der Waals surface area (Å²) in [6.07, 6.45) is 4.94. The van der Waals surface area contributed by atoms with Crippen molar-refractivity contribution in [2.45, 2.75) is 13.3 Å². The molecule has 2 nitrogen and oxygen atoms in total. The quantitative estimate of drug-likeness (QED) is 0.680. The largest absolute Gasteiger partial charge is 0.307 e. The number of aryl methyl sites for hydroxylation is 1. The number of rotatable bonds is 2. The second-order valence-electron chi connectivity index (χ2n) is 4.46. The minimum atomic E-state index is 0.768. The molecule has 1 aromatic carbocycles. The van der Waals surface area contributed by atoms with Gasteiger partial charge in [0.25, 0.3) is 0 Å². The van der Waals surface area contributed by atoms with Gasteiger partial charge in [0.15, 0.2) is 0 Å². The Morgan fingerprint density at radius 2 is 1.94 bits per heavy atom. The normalized spacial score (nSPS) is 11.0. The van der Waals surface area contributed by atoms with Crippen LogP contribution in [0.1, 0.15) is 16.8 Å². The number of pyridine rings is 1. The van der Waals surface area contributed by atoms with Gasteiger partial charge in [-0.3, -0.25) is 0 Å². The molecule has 0 aliphatic rings. The minimum absolute atomic E-state index is 0.768. The maximum Gasteiger partial charge on any atom is 0.139 e. The molecule has 0 N–H and O–H groups in total. The summed E-state index contributed by atoms with van der Waals surface area (Å²) in [6.45, 7) is 2.08. The Hall–Kier alpha value is -1.80. The monoisotopic (exact) mass is 256 g/mol. The Labute approximate surface area is 111 Å². The van der Waals surface area contributed by atoms with E-state index in [-0.39, 0.29) is 0 Å². The number of aromatic nitrogens is 2. The summed E-state index contributed by atoms with van der Waals surface area (Å²) < 4.78 is 2.07. The highest BCUT2D eigenvalue weighted by Crippen LogP contribution is 2.15. The molecule has 0 aliphatic heterocycles. The fourth-order valence-corrected chi connectivity index (χ4v) is 2.23. The number of hydrogen-bond donors (Lipinski definition) is 0. The number of halogens is 1. The second kappa shape index (κ2) is 4.46. The van der Waals surface area contributed by atoms with Crippen molar-refractivity contribution in [1.29, 1.82) is 0 Å². The maximum atomic E-state index is 5.88. The predicted octanol–water partition coefficient (Wildman–Crippen LogP) is 3.89. The average Bonchev–Trinajstić information content (AvgIpc) is 2.76. The van der Waals surface area contributed by atoms with Crippen molar-refractivity contribution in [2.75, 3.05) is 0 Å². The lowest BCUT2D eigenvalue weighted by atomic mass is 10.1. The molecule has 3 heteroatoms. The van der Waals surface area contributed by atoms with E-state index in [0.29, 0.717) is 0 Å². The molecule has 18 heavy (non-hydrogen) atoms. The first-order chi connectivity index (χ1) is 8.72. The van der Waals surface area contributed by atoms with Crippen molar-refractivity contribution < 1.29 is 0 Å². The highest BCUT2D eigenvalue weighted by atomic mass is 35.5. The highest BCUT2D eigenvalue weighted by molar-refractivity contribution is 6.30. The van der Waals surface area contributed by atoms with E-state index in [2.05, 4.69) is 28.6 Å². The van der Waals surface area contributed by atoms with Crippen LogP contribution in [0.25, 0.3) is 5.65 Å². The van der Waals surface area contributed by atoms with E-state index in [1.54, 1.807) is 0 Å². The lowest BCUT2D eigenvalue weighted by molar-refractivity contribution is 1.11. The zero-order chi connectivity index (χ0) is 12.5. The summed E-state index contributed by atoms with van der Waals surface area (Å²) in [7, 11) is 0. The first-order valence-corrected chi connectivity index (χ1v) is 6.28. The van der Waals surface area contributed by atoms with E-state index < -0.39 is 0 Å². The Morgan fingerprint density at radius 3 is 2.67 bits per heavy atom. The molecule has 0 fully saturated rings. The molecule has 3 rings (SSSR count).